The number of sulfonamides is 1. The normalized spacial score (nSPS) is 18.0. The molecule has 3 heterocycles. The van der Waals surface area contributed by atoms with Gasteiger partial charge in [-0.1, -0.05) is 0 Å². The number of hydrogen-bond acceptors (Lipinski definition) is 6. The van der Waals surface area contributed by atoms with Crippen LogP contribution in [0.3, 0.4) is 0 Å². The third-order valence-electron chi connectivity index (χ3n) is 5.91. The second kappa shape index (κ2) is 9.25. The Balaban J connectivity index is 1.38. The molecular formula is C22H26N4O5S. The van der Waals surface area contributed by atoms with E-state index in [-0.39, 0.29) is 35.7 Å². The first-order valence-electron chi connectivity index (χ1n) is 10.6. The zero-order valence-electron chi connectivity index (χ0n) is 17.9. The summed E-state index contributed by atoms with van der Waals surface area (Å²) in [6, 6.07) is 8.35. The smallest absolute Gasteiger partial charge is 0.244 e. The van der Waals surface area contributed by atoms with Crippen molar-refractivity contribution in [3.05, 3.63) is 42.7 Å². The molecule has 0 aliphatic carbocycles. The Morgan fingerprint density at radius 1 is 1.19 bits per heavy atom. The molecule has 2 fully saturated rings. The van der Waals surface area contributed by atoms with Crippen molar-refractivity contribution in [1.29, 1.82) is 0 Å². The molecule has 0 spiro atoms. The first kappa shape index (κ1) is 22.2. The van der Waals surface area contributed by atoms with Crippen LogP contribution in [0.1, 0.15) is 25.7 Å². The Hall–Kier alpha value is -2.98. The molecule has 2 aliphatic heterocycles. The summed E-state index contributed by atoms with van der Waals surface area (Å²) >= 11 is 0. The Labute approximate surface area is 187 Å². The first-order valence-corrected chi connectivity index (χ1v) is 12.0. The summed E-state index contributed by atoms with van der Waals surface area (Å²) in [5.74, 6) is 0.139. The second-order valence-corrected chi connectivity index (χ2v) is 9.83. The van der Waals surface area contributed by atoms with Gasteiger partial charge in [0.05, 0.1) is 12.8 Å². The van der Waals surface area contributed by atoms with Gasteiger partial charge < -0.3 is 15.0 Å². The number of rotatable bonds is 6. The Morgan fingerprint density at radius 2 is 1.97 bits per heavy atom. The fourth-order valence-corrected chi connectivity index (χ4v) is 5.57. The number of pyridine rings is 1. The zero-order valence-corrected chi connectivity index (χ0v) is 18.7. The van der Waals surface area contributed by atoms with Crippen LogP contribution in [0.15, 0.2) is 47.6 Å². The van der Waals surface area contributed by atoms with Gasteiger partial charge in [-0.15, -0.1) is 0 Å². The van der Waals surface area contributed by atoms with Crippen molar-refractivity contribution in [3.63, 3.8) is 0 Å². The molecule has 0 unspecified atom stereocenters. The van der Waals surface area contributed by atoms with E-state index in [9.17, 15) is 18.0 Å². The topological polar surface area (TPSA) is 109 Å². The lowest BCUT2D eigenvalue weighted by Gasteiger charge is -2.30. The molecule has 170 valence electrons. The highest BCUT2D eigenvalue weighted by Gasteiger charge is 2.32. The van der Waals surface area contributed by atoms with Crippen LogP contribution < -0.4 is 15.0 Å². The first-order chi connectivity index (χ1) is 15.4. The van der Waals surface area contributed by atoms with Crippen LogP contribution >= 0.6 is 0 Å². The molecule has 0 bridgehead atoms. The number of benzene rings is 1. The molecule has 1 aromatic carbocycles. The van der Waals surface area contributed by atoms with E-state index in [0.29, 0.717) is 42.9 Å². The predicted molar refractivity (Wildman–Crippen MR) is 119 cm³/mol. The average Bonchev–Trinajstić information content (AvgIpc) is 3.25. The largest absolute Gasteiger partial charge is 0.494 e. The number of nitrogens with zero attached hydrogens (tertiary/aromatic N) is 3. The van der Waals surface area contributed by atoms with E-state index in [0.717, 1.165) is 6.42 Å². The molecular weight excluding hydrogens is 432 g/mol. The standard InChI is InChI=1S/C22H26N4O5S/c1-31-20-14-17(6-7-19(20)26-11-3-5-21(26)27)24-22(28)16-8-12-25(13-9-16)32(29,30)18-4-2-10-23-15-18/h2,4,6-7,10,14-16H,3,5,8-9,11-13H2,1H3,(H,24,28). The molecule has 10 heteroatoms. The summed E-state index contributed by atoms with van der Waals surface area (Å²) < 4.78 is 32.3. The highest BCUT2D eigenvalue weighted by atomic mass is 32.2. The number of methoxy groups -OCH3 is 1. The second-order valence-electron chi connectivity index (χ2n) is 7.89. The van der Waals surface area contributed by atoms with Gasteiger partial charge in [-0.05, 0) is 43.5 Å². The van der Waals surface area contributed by atoms with Crippen molar-refractivity contribution in [1.82, 2.24) is 9.29 Å². The quantitative estimate of drug-likeness (QED) is 0.711. The highest BCUT2D eigenvalue weighted by Crippen LogP contribution is 2.34. The summed E-state index contributed by atoms with van der Waals surface area (Å²) in [4.78, 5) is 30.6. The number of ether oxygens (including phenoxy) is 1. The number of nitrogens with one attached hydrogen (secondary N) is 1. The van der Waals surface area contributed by atoms with Crippen LogP contribution in [0.25, 0.3) is 0 Å². The Bertz CT molecular complexity index is 1100. The van der Waals surface area contributed by atoms with Crippen LogP contribution in [-0.2, 0) is 19.6 Å². The molecule has 0 radical (unpaired) electrons. The molecule has 0 atom stereocenters. The number of aromatic nitrogens is 1. The van der Waals surface area contributed by atoms with Gasteiger partial charge in [0.2, 0.25) is 21.8 Å². The number of anilines is 2. The third-order valence-corrected chi connectivity index (χ3v) is 7.79. The SMILES string of the molecule is COc1cc(NC(=O)C2CCN(S(=O)(=O)c3cccnc3)CC2)ccc1N1CCCC1=O. The van der Waals surface area contributed by atoms with Crippen molar-refractivity contribution in [2.45, 2.75) is 30.6 Å². The maximum absolute atomic E-state index is 12.8. The van der Waals surface area contributed by atoms with Gasteiger partial charge in [-0.25, -0.2) is 8.42 Å². The molecule has 2 aliphatic rings. The number of carbonyl (C=O) groups is 2. The minimum Gasteiger partial charge on any atom is -0.494 e. The summed E-state index contributed by atoms with van der Waals surface area (Å²) in [5, 5.41) is 2.90. The monoisotopic (exact) mass is 458 g/mol. The summed E-state index contributed by atoms with van der Waals surface area (Å²) in [7, 11) is -2.07. The van der Waals surface area contributed by atoms with Crippen molar-refractivity contribution in [2.24, 2.45) is 5.92 Å². The maximum Gasteiger partial charge on any atom is 0.244 e. The highest BCUT2D eigenvalue weighted by molar-refractivity contribution is 7.89. The van der Waals surface area contributed by atoms with Gasteiger partial charge in [0, 0.05) is 56.1 Å². The average molecular weight is 459 g/mol. The number of piperidine rings is 1. The summed E-state index contributed by atoms with van der Waals surface area (Å²) in [5.41, 5.74) is 1.27. The lowest BCUT2D eigenvalue weighted by molar-refractivity contribution is -0.121. The van der Waals surface area contributed by atoms with Gasteiger partial charge in [-0.2, -0.15) is 4.31 Å². The van der Waals surface area contributed by atoms with E-state index in [1.165, 1.54) is 29.9 Å². The molecule has 2 saturated heterocycles. The van der Waals surface area contributed by atoms with Gasteiger partial charge in [-0.3, -0.25) is 14.6 Å². The fraction of sp³-hybridized carbons (Fsp3) is 0.409. The van der Waals surface area contributed by atoms with Crippen molar-refractivity contribution >= 4 is 33.2 Å². The Morgan fingerprint density at radius 3 is 2.59 bits per heavy atom. The van der Waals surface area contributed by atoms with Gasteiger partial charge in [0.25, 0.3) is 0 Å². The molecule has 2 amide bonds. The molecule has 0 saturated carbocycles. The zero-order chi connectivity index (χ0) is 22.7. The number of hydrogen-bond donors (Lipinski definition) is 1. The van der Waals surface area contributed by atoms with E-state index in [1.807, 2.05) is 0 Å². The maximum atomic E-state index is 12.8. The van der Waals surface area contributed by atoms with Crippen molar-refractivity contribution in [3.8, 4) is 5.75 Å². The van der Waals surface area contributed by atoms with Crippen LogP contribution in [-0.4, -0.2) is 56.3 Å². The van der Waals surface area contributed by atoms with Gasteiger partial charge >= 0.3 is 0 Å². The summed E-state index contributed by atoms with van der Waals surface area (Å²) in [6.07, 6.45) is 5.07. The van der Waals surface area contributed by atoms with E-state index in [4.69, 9.17) is 4.74 Å². The fourth-order valence-electron chi connectivity index (χ4n) is 4.13. The van der Waals surface area contributed by atoms with E-state index in [1.54, 1.807) is 29.2 Å². The van der Waals surface area contributed by atoms with Crippen LogP contribution in [0.4, 0.5) is 11.4 Å². The lowest BCUT2D eigenvalue weighted by atomic mass is 9.97. The molecule has 2 aromatic rings. The van der Waals surface area contributed by atoms with Crippen LogP contribution in [0, 0.1) is 5.92 Å². The van der Waals surface area contributed by atoms with Crippen LogP contribution in [0.5, 0.6) is 5.75 Å². The molecule has 1 aromatic heterocycles. The Kier molecular flexibility index (Phi) is 6.43. The predicted octanol–water partition coefficient (Wildman–Crippen LogP) is 2.26. The lowest BCUT2D eigenvalue weighted by Crippen LogP contribution is -2.41. The van der Waals surface area contributed by atoms with Crippen molar-refractivity contribution < 1.29 is 22.7 Å². The van der Waals surface area contributed by atoms with Gasteiger partial charge in [0.15, 0.2) is 0 Å². The molecule has 1 N–H and O–H groups in total. The number of amides is 2. The number of carbonyl (C=O) groups excluding carboxylic acids is 2. The van der Waals surface area contributed by atoms with Crippen LogP contribution in [0.2, 0.25) is 0 Å². The molecule has 4 rings (SSSR count). The van der Waals surface area contributed by atoms with E-state index in [2.05, 4.69) is 10.3 Å². The summed E-state index contributed by atoms with van der Waals surface area (Å²) in [6.45, 7) is 1.20. The molecule has 32 heavy (non-hydrogen) atoms. The third kappa shape index (κ3) is 4.46. The van der Waals surface area contributed by atoms with Crippen molar-refractivity contribution in [2.75, 3.05) is 37.0 Å². The van der Waals surface area contributed by atoms with Gasteiger partial charge in [0.1, 0.15) is 10.6 Å². The molecule has 9 nitrogen and oxygen atoms in total. The minimum absolute atomic E-state index is 0.0630. The minimum atomic E-state index is -3.61. The van der Waals surface area contributed by atoms with E-state index < -0.39 is 10.0 Å². The van der Waals surface area contributed by atoms with E-state index >= 15 is 0 Å².